The summed E-state index contributed by atoms with van der Waals surface area (Å²) in [5.41, 5.74) is 0.926. The lowest BCUT2D eigenvalue weighted by molar-refractivity contribution is -0.139. The number of carboxylic acids is 1. The van der Waals surface area contributed by atoms with Gasteiger partial charge in [0.05, 0.1) is 11.1 Å². The number of rotatable bonds is 9. The van der Waals surface area contributed by atoms with Gasteiger partial charge >= 0.3 is 11.9 Å². The highest BCUT2D eigenvalue weighted by Gasteiger charge is 2.61. The lowest BCUT2D eigenvalue weighted by Crippen LogP contribution is -2.59. The monoisotopic (exact) mass is 761 g/mol. The summed E-state index contributed by atoms with van der Waals surface area (Å²) in [5, 5.41) is 11.8. The van der Waals surface area contributed by atoms with Crippen LogP contribution in [0.1, 0.15) is 116 Å². The van der Waals surface area contributed by atoms with Crippen molar-refractivity contribution in [1.29, 1.82) is 0 Å². The van der Waals surface area contributed by atoms with Crippen molar-refractivity contribution in [2.45, 2.75) is 97.1 Å². The van der Waals surface area contributed by atoms with Crippen molar-refractivity contribution >= 4 is 34.5 Å². The van der Waals surface area contributed by atoms with Crippen LogP contribution in [0.25, 0.3) is 10.8 Å². The summed E-state index contributed by atoms with van der Waals surface area (Å²) in [7, 11) is 0. The van der Waals surface area contributed by atoms with Crippen LogP contribution in [-0.4, -0.2) is 95.0 Å². The molecule has 3 aromatic rings. The third kappa shape index (κ3) is 7.03. The molecule has 0 aromatic heterocycles. The van der Waals surface area contributed by atoms with Crippen molar-refractivity contribution in [1.82, 2.24) is 14.7 Å². The topological polar surface area (TPSA) is 107 Å². The van der Waals surface area contributed by atoms with Crippen molar-refractivity contribution in [3.8, 4) is 0 Å². The van der Waals surface area contributed by atoms with Crippen LogP contribution in [0.15, 0.2) is 66.7 Å². The van der Waals surface area contributed by atoms with E-state index in [2.05, 4.69) is 18.7 Å². The average molecular weight is 762 g/mol. The predicted octanol–water partition coefficient (Wildman–Crippen LogP) is 8.17. The van der Waals surface area contributed by atoms with Crippen molar-refractivity contribution in [2.75, 3.05) is 39.3 Å². The molecule has 0 radical (unpaired) electrons. The molecule has 1 saturated heterocycles. The molecule has 9 nitrogen and oxygen atoms in total. The van der Waals surface area contributed by atoms with Crippen LogP contribution in [0, 0.1) is 34.5 Å². The highest BCUT2D eigenvalue weighted by molar-refractivity contribution is 6.02. The largest absolute Gasteiger partial charge is 0.478 e. The van der Waals surface area contributed by atoms with Crippen molar-refractivity contribution in [2.24, 2.45) is 34.5 Å². The molecule has 5 fully saturated rings. The van der Waals surface area contributed by atoms with Crippen molar-refractivity contribution in [3.05, 3.63) is 83.4 Å². The Morgan fingerprint density at radius 1 is 0.786 bits per heavy atom. The number of carbonyl (C=O) groups excluding carboxylic acids is 3. The van der Waals surface area contributed by atoms with Gasteiger partial charge in [-0.3, -0.25) is 14.5 Å². The van der Waals surface area contributed by atoms with Crippen molar-refractivity contribution < 1.29 is 29.0 Å². The lowest BCUT2D eigenvalue weighted by atomic mass is 9.45. The minimum Gasteiger partial charge on any atom is -0.478 e. The number of hydrogen-bond donors (Lipinski definition) is 1. The van der Waals surface area contributed by atoms with Crippen LogP contribution >= 0.6 is 0 Å². The van der Waals surface area contributed by atoms with Gasteiger partial charge in [0.25, 0.3) is 5.91 Å². The Hall–Kier alpha value is -4.24. The number of amides is 2. The van der Waals surface area contributed by atoms with E-state index in [1.54, 1.807) is 23.1 Å². The van der Waals surface area contributed by atoms with Gasteiger partial charge in [-0.2, -0.15) is 0 Å². The van der Waals surface area contributed by atoms with Crippen molar-refractivity contribution in [3.63, 3.8) is 0 Å². The van der Waals surface area contributed by atoms with E-state index < -0.39 is 11.9 Å². The first kappa shape index (κ1) is 38.6. The zero-order valence-electron chi connectivity index (χ0n) is 33.5. The molecule has 298 valence electrons. The molecular formula is C47H59N3O6. The summed E-state index contributed by atoms with van der Waals surface area (Å²) in [5.74, 6) is 0.825. The number of fused-ring (bicyclic) bond motifs is 6. The number of piperazine rings is 1. The average Bonchev–Trinajstić information content (AvgIpc) is 3.55. The molecule has 2 amide bonds. The second-order valence-corrected chi connectivity index (χ2v) is 18.2. The zero-order valence-corrected chi connectivity index (χ0v) is 33.5. The molecule has 8 atom stereocenters. The van der Waals surface area contributed by atoms with Crippen LogP contribution < -0.4 is 0 Å². The summed E-state index contributed by atoms with van der Waals surface area (Å²) in [4.78, 5) is 58.9. The molecule has 5 aliphatic rings. The van der Waals surface area contributed by atoms with E-state index in [9.17, 15) is 24.3 Å². The number of carbonyl (C=O) groups is 4. The summed E-state index contributed by atoms with van der Waals surface area (Å²) >= 11 is 0. The Labute approximate surface area is 331 Å². The Kier molecular flexibility index (Phi) is 10.8. The van der Waals surface area contributed by atoms with Gasteiger partial charge in [-0.1, -0.05) is 63.2 Å². The summed E-state index contributed by atoms with van der Waals surface area (Å²) in [6.45, 7) is 10.8. The van der Waals surface area contributed by atoms with Crippen LogP contribution in [0.2, 0.25) is 0 Å². The molecule has 9 heteroatoms. The summed E-state index contributed by atoms with van der Waals surface area (Å²) < 4.78 is 6.22. The molecule has 3 aromatic carbocycles. The molecule has 4 saturated carbocycles. The number of hydrogen-bond acceptors (Lipinski definition) is 6. The lowest BCUT2D eigenvalue weighted by Gasteiger charge is -2.62. The van der Waals surface area contributed by atoms with Gasteiger partial charge in [0.15, 0.2) is 0 Å². The van der Waals surface area contributed by atoms with Gasteiger partial charge in [0.2, 0.25) is 5.91 Å². The molecular weight excluding hydrogens is 703 g/mol. The maximum absolute atomic E-state index is 13.7. The molecule has 56 heavy (non-hydrogen) atoms. The molecule has 0 bridgehead atoms. The summed E-state index contributed by atoms with van der Waals surface area (Å²) in [6, 6.07) is 20.7. The zero-order chi connectivity index (χ0) is 39.2. The van der Waals surface area contributed by atoms with Gasteiger partial charge in [-0.15, -0.1) is 0 Å². The van der Waals surface area contributed by atoms with E-state index in [4.69, 9.17) is 4.74 Å². The minimum absolute atomic E-state index is 0.00467. The molecule has 0 spiro atoms. The van der Waals surface area contributed by atoms with E-state index in [1.807, 2.05) is 54.3 Å². The second kappa shape index (κ2) is 15.6. The Morgan fingerprint density at radius 2 is 1.48 bits per heavy atom. The fourth-order valence-corrected chi connectivity index (χ4v) is 12.5. The Balaban J connectivity index is 0.879. The Bertz CT molecular complexity index is 1970. The Morgan fingerprint density at radius 3 is 2.23 bits per heavy atom. The van der Waals surface area contributed by atoms with Gasteiger partial charge in [-0.05, 0) is 128 Å². The van der Waals surface area contributed by atoms with E-state index >= 15 is 0 Å². The molecule has 1 N–H and O–H groups in total. The fraction of sp³-hybridized carbons (Fsp3) is 0.574. The molecule has 1 aliphatic heterocycles. The number of nitrogens with zero attached hydrogens (tertiary/aromatic N) is 3. The van der Waals surface area contributed by atoms with E-state index in [1.165, 1.54) is 38.2 Å². The first-order chi connectivity index (χ1) is 27.0. The predicted molar refractivity (Wildman–Crippen MR) is 216 cm³/mol. The maximum atomic E-state index is 13.7. The molecule has 1 heterocycles. The van der Waals surface area contributed by atoms with E-state index in [0.717, 1.165) is 61.9 Å². The van der Waals surface area contributed by atoms with Crippen LogP contribution in [0.3, 0.4) is 0 Å². The number of esters is 1. The number of aromatic carboxylic acids is 1. The first-order valence-electron chi connectivity index (χ1n) is 21.3. The number of carboxylic acid groups (broad SMARTS) is 1. The SMILES string of the molecule is CCCN(CC(=O)N1CCN(C2CCC3CCC4C(CCC5(C)C(OC(=O)c6ccccc6C(=O)O)CCC45)C3(C)C2)CC1)C(=O)c1ccc2ccccc2c1. The standard InChI is InChI=1S/C47H59N3O6/c1-4-23-50(43(52)33-14-13-31-9-5-6-10-32(31)28-33)30-42(51)49-26-24-48(25-27-49)35-17-15-34-16-18-38-39-19-20-41(46(39,2)22-21-40(38)47(34,3)29-35)56-45(55)37-12-8-7-11-36(37)44(53)54/h5-14,28,34-35,38-41H,4,15-27,29-30H2,1-3H3,(H,53,54). The third-order valence-corrected chi connectivity index (χ3v) is 15.4. The normalized spacial score (nSPS) is 31.5. The number of ether oxygens (including phenoxy) is 1. The maximum Gasteiger partial charge on any atom is 0.339 e. The van der Waals surface area contributed by atoms with Gasteiger partial charge < -0.3 is 19.6 Å². The van der Waals surface area contributed by atoms with Crippen LogP contribution in [0.5, 0.6) is 0 Å². The van der Waals surface area contributed by atoms with E-state index in [0.29, 0.717) is 49.0 Å². The highest BCUT2D eigenvalue weighted by atomic mass is 16.5. The van der Waals surface area contributed by atoms with Gasteiger partial charge in [-0.25, -0.2) is 9.59 Å². The second-order valence-electron chi connectivity index (χ2n) is 18.2. The molecule has 8 unspecified atom stereocenters. The first-order valence-corrected chi connectivity index (χ1v) is 21.3. The van der Waals surface area contributed by atoms with Gasteiger partial charge in [0.1, 0.15) is 12.6 Å². The van der Waals surface area contributed by atoms with E-state index in [-0.39, 0.29) is 46.4 Å². The minimum atomic E-state index is -1.11. The smallest absolute Gasteiger partial charge is 0.339 e. The molecule has 4 aliphatic carbocycles. The fourth-order valence-electron chi connectivity index (χ4n) is 12.5. The van der Waals surface area contributed by atoms with Crippen LogP contribution in [-0.2, 0) is 9.53 Å². The number of benzene rings is 3. The highest BCUT2D eigenvalue weighted by Crippen LogP contribution is 2.67. The van der Waals surface area contributed by atoms with Gasteiger partial charge in [0, 0.05) is 49.7 Å². The summed E-state index contributed by atoms with van der Waals surface area (Å²) in [6.07, 6.45) is 10.9. The molecule has 8 rings (SSSR count). The van der Waals surface area contributed by atoms with Crippen LogP contribution in [0.4, 0.5) is 0 Å². The quantitative estimate of drug-likeness (QED) is 0.219. The third-order valence-electron chi connectivity index (χ3n) is 15.4.